The Labute approximate surface area is 91.5 Å². The minimum absolute atomic E-state index is 0.0145. The summed E-state index contributed by atoms with van der Waals surface area (Å²) in [4.78, 5) is 15.6. The lowest BCUT2D eigenvalue weighted by atomic mass is 10.3. The van der Waals surface area contributed by atoms with Gasteiger partial charge in [0.25, 0.3) is 0 Å². The van der Waals surface area contributed by atoms with E-state index in [1.165, 1.54) is 23.1 Å². The summed E-state index contributed by atoms with van der Waals surface area (Å²) in [6, 6.07) is 0. The number of hydrogen-bond donors (Lipinski definition) is 1. The summed E-state index contributed by atoms with van der Waals surface area (Å²) < 4.78 is 6.36. The molecule has 0 amide bonds. The first kappa shape index (κ1) is 10.4. The zero-order valence-corrected chi connectivity index (χ0v) is 8.91. The molecule has 6 heteroatoms. The molecule has 0 fully saturated rings. The number of fused-ring (bicyclic) bond motifs is 1. The average molecular weight is 221 g/mol. The van der Waals surface area contributed by atoms with Crippen LogP contribution in [0.5, 0.6) is 5.75 Å². The van der Waals surface area contributed by atoms with Gasteiger partial charge in [-0.3, -0.25) is 0 Å². The fraction of sp³-hybridized carbons (Fsp3) is 0.300. The van der Waals surface area contributed by atoms with Gasteiger partial charge >= 0.3 is 5.97 Å². The number of esters is 1. The van der Waals surface area contributed by atoms with Gasteiger partial charge < -0.3 is 9.84 Å². The number of carbonyl (C=O) groups is 1. The van der Waals surface area contributed by atoms with E-state index in [-0.39, 0.29) is 17.4 Å². The Hall–Kier alpha value is -2.11. The van der Waals surface area contributed by atoms with Crippen LogP contribution in [0.15, 0.2) is 18.6 Å². The highest BCUT2D eigenvalue weighted by Gasteiger charge is 2.16. The van der Waals surface area contributed by atoms with E-state index >= 15 is 0 Å². The number of aromatic hydroxyl groups is 1. The zero-order valence-electron chi connectivity index (χ0n) is 8.91. The Morgan fingerprint density at radius 2 is 2.25 bits per heavy atom. The van der Waals surface area contributed by atoms with E-state index < -0.39 is 5.97 Å². The SMILES string of the molecule is CC(C)OC(=O)c1cnn2cc(O)cnc12. The molecule has 2 rings (SSSR count). The van der Waals surface area contributed by atoms with Gasteiger partial charge in [-0.2, -0.15) is 5.10 Å². The Morgan fingerprint density at radius 1 is 1.50 bits per heavy atom. The predicted molar refractivity (Wildman–Crippen MR) is 55.2 cm³/mol. The smallest absolute Gasteiger partial charge is 0.343 e. The fourth-order valence-electron chi connectivity index (χ4n) is 1.29. The molecule has 0 aliphatic carbocycles. The first-order valence-electron chi connectivity index (χ1n) is 4.81. The van der Waals surface area contributed by atoms with Gasteiger partial charge in [0.15, 0.2) is 11.4 Å². The molecule has 6 nitrogen and oxygen atoms in total. The van der Waals surface area contributed by atoms with E-state index in [9.17, 15) is 9.90 Å². The van der Waals surface area contributed by atoms with Gasteiger partial charge in [0.05, 0.1) is 24.7 Å². The van der Waals surface area contributed by atoms with Crippen LogP contribution >= 0.6 is 0 Å². The second-order valence-electron chi connectivity index (χ2n) is 3.59. The minimum atomic E-state index is -0.469. The second-order valence-corrected chi connectivity index (χ2v) is 3.59. The molecule has 0 unspecified atom stereocenters. The molecule has 0 saturated heterocycles. The summed E-state index contributed by atoms with van der Waals surface area (Å²) in [6.07, 6.45) is 3.80. The van der Waals surface area contributed by atoms with Crippen molar-refractivity contribution in [3.8, 4) is 5.75 Å². The third-order valence-corrected chi connectivity index (χ3v) is 1.91. The van der Waals surface area contributed by atoms with Gasteiger partial charge in [-0.05, 0) is 13.8 Å². The Kier molecular flexibility index (Phi) is 2.47. The maximum atomic E-state index is 11.6. The highest BCUT2D eigenvalue weighted by Crippen LogP contribution is 2.13. The molecule has 0 saturated carbocycles. The van der Waals surface area contributed by atoms with Crippen LogP contribution in [0.2, 0.25) is 0 Å². The van der Waals surface area contributed by atoms with Crippen LogP contribution in [-0.4, -0.2) is 31.8 Å². The van der Waals surface area contributed by atoms with Gasteiger partial charge in [-0.25, -0.2) is 14.3 Å². The van der Waals surface area contributed by atoms with Gasteiger partial charge in [0.1, 0.15) is 5.56 Å². The summed E-state index contributed by atoms with van der Waals surface area (Å²) >= 11 is 0. The van der Waals surface area contributed by atoms with E-state index in [4.69, 9.17) is 4.74 Å². The summed E-state index contributed by atoms with van der Waals surface area (Å²) in [5, 5.41) is 13.1. The van der Waals surface area contributed by atoms with Crippen LogP contribution in [0.1, 0.15) is 24.2 Å². The molecule has 0 aliphatic heterocycles. The molecule has 2 aromatic rings. The molecule has 16 heavy (non-hydrogen) atoms. The van der Waals surface area contributed by atoms with Crippen LogP contribution in [-0.2, 0) is 4.74 Å². The third kappa shape index (κ3) is 1.81. The number of rotatable bonds is 2. The Balaban J connectivity index is 2.42. The van der Waals surface area contributed by atoms with Crippen LogP contribution < -0.4 is 0 Å². The van der Waals surface area contributed by atoms with Crippen molar-refractivity contribution >= 4 is 11.6 Å². The van der Waals surface area contributed by atoms with E-state index in [0.717, 1.165) is 0 Å². The van der Waals surface area contributed by atoms with Crippen molar-refractivity contribution in [2.45, 2.75) is 20.0 Å². The first-order valence-corrected chi connectivity index (χ1v) is 4.81. The second kappa shape index (κ2) is 3.80. The lowest BCUT2D eigenvalue weighted by Crippen LogP contribution is -2.11. The van der Waals surface area contributed by atoms with Crippen molar-refractivity contribution in [2.75, 3.05) is 0 Å². The Bertz CT molecular complexity index is 533. The lowest BCUT2D eigenvalue weighted by molar-refractivity contribution is 0.0380. The lowest BCUT2D eigenvalue weighted by Gasteiger charge is -2.05. The van der Waals surface area contributed by atoms with Crippen molar-refractivity contribution in [3.63, 3.8) is 0 Å². The molecular formula is C10H11N3O3. The van der Waals surface area contributed by atoms with Gasteiger partial charge in [0, 0.05) is 0 Å². The maximum absolute atomic E-state index is 11.6. The van der Waals surface area contributed by atoms with Crippen molar-refractivity contribution in [3.05, 3.63) is 24.2 Å². The molecule has 0 aromatic carbocycles. The number of nitrogens with zero attached hydrogens (tertiary/aromatic N) is 3. The van der Waals surface area contributed by atoms with Gasteiger partial charge in [-0.15, -0.1) is 0 Å². The largest absolute Gasteiger partial charge is 0.505 e. The highest BCUT2D eigenvalue weighted by atomic mass is 16.5. The van der Waals surface area contributed by atoms with Crippen molar-refractivity contribution < 1.29 is 14.6 Å². The number of aromatic nitrogens is 3. The van der Waals surface area contributed by atoms with E-state index in [1.807, 2.05) is 0 Å². The highest BCUT2D eigenvalue weighted by molar-refractivity contribution is 5.95. The summed E-state index contributed by atoms with van der Waals surface area (Å²) in [5.41, 5.74) is 0.650. The molecule has 84 valence electrons. The molecule has 0 atom stereocenters. The molecule has 0 radical (unpaired) electrons. The summed E-state index contributed by atoms with van der Waals surface area (Å²) in [6.45, 7) is 3.53. The van der Waals surface area contributed by atoms with Crippen molar-refractivity contribution in [1.82, 2.24) is 14.6 Å². The normalized spacial score (nSPS) is 10.9. The van der Waals surface area contributed by atoms with E-state index in [0.29, 0.717) is 5.65 Å². The van der Waals surface area contributed by atoms with Crippen LogP contribution in [0.3, 0.4) is 0 Å². The predicted octanol–water partition coefficient (Wildman–Crippen LogP) is 1.00. The van der Waals surface area contributed by atoms with E-state index in [2.05, 4.69) is 10.1 Å². The monoisotopic (exact) mass is 221 g/mol. The molecular weight excluding hydrogens is 210 g/mol. The maximum Gasteiger partial charge on any atom is 0.343 e. The number of hydrogen-bond acceptors (Lipinski definition) is 5. The molecule has 2 heterocycles. The average Bonchev–Trinajstić information content (AvgIpc) is 2.59. The van der Waals surface area contributed by atoms with E-state index in [1.54, 1.807) is 13.8 Å². The molecule has 0 spiro atoms. The molecule has 2 aromatic heterocycles. The number of carbonyl (C=O) groups excluding carboxylic acids is 1. The first-order chi connectivity index (χ1) is 7.58. The van der Waals surface area contributed by atoms with Crippen molar-refractivity contribution in [1.29, 1.82) is 0 Å². The van der Waals surface area contributed by atoms with Crippen molar-refractivity contribution in [2.24, 2.45) is 0 Å². The number of ether oxygens (including phenoxy) is 1. The molecule has 0 aliphatic rings. The Morgan fingerprint density at radius 3 is 2.94 bits per heavy atom. The zero-order chi connectivity index (χ0) is 11.7. The standard InChI is InChI=1S/C10H11N3O3/c1-6(2)16-10(15)8-4-12-13-5-7(14)3-11-9(8)13/h3-6,14H,1-2H3. The van der Waals surface area contributed by atoms with Gasteiger partial charge in [-0.1, -0.05) is 0 Å². The molecule has 1 N–H and O–H groups in total. The topological polar surface area (TPSA) is 76.7 Å². The minimum Gasteiger partial charge on any atom is -0.505 e. The van der Waals surface area contributed by atoms with Crippen LogP contribution in [0, 0.1) is 0 Å². The summed E-state index contributed by atoms with van der Waals surface area (Å²) in [5.74, 6) is -0.484. The quantitative estimate of drug-likeness (QED) is 0.765. The molecule has 0 bridgehead atoms. The van der Waals surface area contributed by atoms with Crippen LogP contribution in [0.25, 0.3) is 5.65 Å². The third-order valence-electron chi connectivity index (χ3n) is 1.91. The fourth-order valence-corrected chi connectivity index (χ4v) is 1.29. The summed E-state index contributed by atoms with van der Waals surface area (Å²) in [7, 11) is 0. The van der Waals surface area contributed by atoms with Gasteiger partial charge in [0.2, 0.25) is 0 Å². The van der Waals surface area contributed by atoms with Crippen LogP contribution in [0.4, 0.5) is 0 Å².